The number of amides is 1. The van der Waals surface area contributed by atoms with Crippen LogP contribution in [0.15, 0.2) is 66.1 Å². The summed E-state index contributed by atoms with van der Waals surface area (Å²) < 4.78 is 15.8. The molecule has 30 heavy (non-hydrogen) atoms. The summed E-state index contributed by atoms with van der Waals surface area (Å²) in [4.78, 5) is 21.5. The van der Waals surface area contributed by atoms with E-state index in [0.29, 0.717) is 27.2 Å². The molecule has 0 saturated carbocycles. The summed E-state index contributed by atoms with van der Waals surface area (Å²) in [5, 5.41) is 3.94. The number of nitrogens with one attached hydrogen (secondary N) is 1. The van der Waals surface area contributed by atoms with Gasteiger partial charge in [-0.25, -0.2) is 9.37 Å². The SMILES string of the molecule is Cc1ccc(NC(=O)Cn2c(SCc3ccccc3F)nc3ccncc32)c(Cl)c1. The van der Waals surface area contributed by atoms with Crippen LogP contribution in [0.4, 0.5) is 10.1 Å². The first-order chi connectivity index (χ1) is 14.5. The molecule has 5 nitrogen and oxygen atoms in total. The molecule has 4 rings (SSSR count). The Morgan fingerprint density at radius 3 is 2.87 bits per heavy atom. The zero-order chi connectivity index (χ0) is 21.1. The maximum absolute atomic E-state index is 14.0. The van der Waals surface area contributed by atoms with Crippen LogP contribution in [0, 0.1) is 12.7 Å². The number of carbonyl (C=O) groups excluding carboxylic acids is 1. The minimum atomic E-state index is -0.263. The number of imidazole rings is 1. The van der Waals surface area contributed by atoms with Gasteiger partial charge in [0.1, 0.15) is 12.4 Å². The van der Waals surface area contributed by atoms with Crippen LogP contribution in [0.25, 0.3) is 11.0 Å². The number of fused-ring (bicyclic) bond motifs is 1. The minimum absolute atomic E-state index is 0.0337. The highest BCUT2D eigenvalue weighted by Gasteiger charge is 2.16. The highest BCUT2D eigenvalue weighted by atomic mass is 35.5. The van der Waals surface area contributed by atoms with Crippen LogP contribution in [-0.4, -0.2) is 20.4 Å². The molecular formula is C22H18ClFN4OS. The number of hydrogen-bond donors (Lipinski definition) is 1. The highest BCUT2D eigenvalue weighted by Crippen LogP contribution is 2.28. The van der Waals surface area contributed by atoms with Crippen molar-refractivity contribution in [1.29, 1.82) is 0 Å². The van der Waals surface area contributed by atoms with Crippen molar-refractivity contribution in [2.24, 2.45) is 0 Å². The van der Waals surface area contributed by atoms with Crippen LogP contribution < -0.4 is 5.32 Å². The van der Waals surface area contributed by atoms with Gasteiger partial charge in [0, 0.05) is 11.9 Å². The lowest BCUT2D eigenvalue weighted by molar-refractivity contribution is -0.116. The van der Waals surface area contributed by atoms with Gasteiger partial charge in [0.05, 0.1) is 27.9 Å². The fourth-order valence-corrected chi connectivity index (χ4v) is 4.31. The van der Waals surface area contributed by atoms with Crippen LogP contribution in [0.5, 0.6) is 0 Å². The van der Waals surface area contributed by atoms with Crippen molar-refractivity contribution in [3.63, 3.8) is 0 Å². The van der Waals surface area contributed by atoms with E-state index in [4.69, 9.17) is 11.6 Å². The van der Waals surface area contributed by atoms with Crippen molar-refractivity contribution >= 4 is 46.0 Å². The summed E-state index contributed by atoms with van der Waals surface area (Å²) >= 11 is 7.60. The molecule has 0 unspecified atom stereocenters. The Balaban J connectivity index is 1.58. The lowest BCUT2D eigenvalue weighted by Crippen LogP contribution is -2.19. The van der Waals surface area contributed by atoms with Gasteiger partial charge in [-0.3, -0.25) is 9.78 Å². The Morgan fingerprint density at radius 1 is 1.23 bits per heavy atom. The molecule has 152 valence electrons. The number of hydrogen-bond acceptors (Lipinski definition) is 4. The lowest BCUT2D eigenvalue weighted by Gasteiger charge is -2.11. The molecule has 0 saturated heterocycles. The van der Waals surface area contributed by atoms with Crippen molar-refractivity contribution in [3.8, 4) is 0 Å². The van der Waals surface area contributed by atoms with E-state index < -0.39 is 0 Å². The van der Waals surface area contributed by atoms with Crippen molar-refractivity contribution in [2.75, 3.05) is 5.32 Å². The van der Waals surface area contributed by atoms with Crippen LogP contribution >= 0.6 is 23.4 Å². The van der Waals surface area contributed by atoms with Gasteiger partial charge >= 0.3 is 0 Å². The summed E-state index contributed by atoms with van der Waals surface area (Å²) in [6.07, 6.45) is 3.32. The van der Waals surface area contributed by atoms with Gasteiger partial charge in [-0.2, -0.15) is 0 Å². The predicted octanol–water partition coefficient (Wildman–Crippen LogP) is 5.46. The average molecular weight is 441 g/mol. The van der Waals surface area contributed by atoms with Gasteiger partial charge in [0.2, 0.25) is 5.91 Å². The number of benzene rings is 2. The Morgan fingerprint density at radius 2 is 2.07 bits per heavy atom. The number of pyridine rings is 1. The van der Waals surface area contributed by atoms with E-state index >= 15 is 0 Å². The van der Waals surface area contributed by atoms with E-state index in [-0.39, 0.29) is 18.3 Å². The molecule has 0 atom stereocenters. The first kappa shape index (κ1) is 20.4. The van der Waals surface area contributed by atoms with E-state index in [2.05, 4.69) is 15.3 Å². The zero-order valence-corrected chi connectivity index (χ0v) is 17.7. The lowest BCUT2D eigenvalue weighted by atomic mass is 10.2. The summed E-state index contributed by atoms with van der Waals surface area (Å²) in [6, 6.07) is 13.9. The number of aromatic nitrogens is 3. The third kappa shape index (κ3) is 4.47. The number of thioether (sulfide) groups is 1. The molecule has 0 fully saturated rings. The normalized spacial score (nSPS) is 11.0. The second-order valence-corrected chi connectivity index (χ2v) is 8.11. The quantitative estimate of drug-likeness (QED) is 0.404. The molecule has 0 aliphatic carbocycles. The Labute approximate surface area is 182 Å². The number of carbonyl (C=O) groups is 1. The second-order valence-electron chi connectivity index (χ2n) is 6.76. The molecule has 2 heterocycles. The molecular weight excluding hydrogens is 423 g/mol. The van der Waals surface area contributed by atoms with Crippen LogP contribution in [0.1, 0.15) is 11.1 Å². The fourth-order valence-electron chi connectivity index (χ4n) is 3.02. The number of halogens is 2. The van der Waals surface area contributed by atoms with Crippen LogP contribution in [0.3, 0.4) is 0 Å². The van der Waals surface area contributed by atoms with E-state index in [1.165, 1.54) is 17.8 Å². The zero-order valence-electron chi connectivity index (χ0n) is 16.1. The Kier molecular flexibility index (Phi) is 6.01. The van der Waals surface area contributed by atoms with Crippen LogP contribution in [0.2, 0.25) is 5.02 Å². The first-order valence-electron chi connectivity index (χ1n) is 9.24. The fraction of sp³-hybridized carbons (Fsp3) is 0.136. The van der Waals surface area contributed by atoms with Crippen molar-refractivity contribution in [2.45, 2.75) is 24.4 Å². The van der Waals surface area contributed by atoms with E-state index in [1.54, 1.807) is 53.4 Å². The average Bonchev–Trinajstić information content (AvgIpc) is 3.07. The molecule has 0 aliphatic rings. The highest BCUT2D eigenvalue weighted by molar-refractivity contribution is 7.98. The van der Waals surface area contributed by atoms with Gasteiger partial charge in [0.15, 0.2) is 5.16 Å². The molecule has 0 bridgehead atoms. The number of rotatable bonds is 6. The Hall–Kier alpha value is -2.90. The second kappa shape index (κ2) is 8.85. The van der Waals surface area contributed by atoms with Crippen LogP contribution in [-0.2, 0) is 17.1 Å². The molecule has 4 aromatic rings. The number of nitrogens with zero attached hydrogens (tertiary/aromatic N) is 3. The molecule has 1 N–H and O–H groups in total. The van der Waals surface area contributed by atoms with E-state index in [1.807, 2.05) is 13.0 Å². The maximum Gasteiger partial charge on any atom is 0.244 e. The van der Waals surface area contributed by atoms with E-state index in [9.17, 15) is 9.18 Å². The first-order valence-corrected chi connectivity index (χ1v) is 10.6. The molecule has 0 radical (unpaired) electrons. The number of anilines is 1. The summed E-state index contributed by atoms with van der Waals surface area (Å²) in [7, 11) is 0. The molecule has 1 amide bonds. The van der Waals surface area contributed by atoms with Crippen molar-refractivity contribution < 1.29 is 9.18 Å². The van der Waals surface area contributed by atoms with Gasteiger partial charge in [-0.15, -0.1) is 0 Å². The molecule has 2 aromatic carbocycles. The smallest absolute Gasteiger partial charge is 0.244 e. The summed E-state index contributed by atoms with van der Waals surface area (Å²) in [5.74, 6) is -0.104. The number of aryl methyl sites for hydroxylation is 1. The van der Waals surface area contributed by atoms with E-state index in [0.717, 1.165) is 16.6 Å². The predicted molar refractivity (Wildman–Crippen MR) is 118 cm³/mol. The molecule has 0 spiro atoms. The third-order valence-electron chi connectivity index (χ3n) is 4.53. The molecule has 0 aliphatic heterocycles. The summed E-state index contributed by atoms with van der Waals surface area (Å²) in [6.45, 7) is 1.97. The largest absolute Gasteiger partial charge is 0.323 e. The van der Waals surface area contributed by atoms with Gasteiger partial charge < -0.3 is 9.88 Å². The van der Waals surface area contributed by atoms with Crippen molar-refractivity contribution in [3.05, 3.63) is 82.9 Å². The van der Waals surface area contributed by atoms with Gasteiger partial charge in [-0.1, -0.05) is 47.6 Å². The standard InChI is InChI=1S/C22H18ClFN4OS/c1-14-6-7-18(16(23)10-14)26-21(29)12-28-20-11-25-9-8-19(20)27-22(28)30-13-15-4-2-3-5-17(15)24/h2-11H,12-13H2,1H3,(H,26,29). The monoisotopic (exact) mass is 440 g/mol. The molecule has 8 heteroatoms. The topological polar surface area (TPSA) is 59.8 Å². The third-order valence-corrected chi connectivity index (χ3v) is 5.87. The summed E-state index contributed by atoms with van der Waals surface area (Å²) in [5.41, 5.74) is 3.60. The maximum atomic E-state index is 14.0. The van der Waals surface area contributed by atoms with Gasteiger partial charge in [-0.05, 0) is 42.3 Å². The molecule has 2 aromatic heterocycles. The van der Waals surface area contributed by atoms with Crippen molar-refractivity contribution in [1.82, 2.24) is 14.5 Å². The minimum Gasteiger partial charge on any atom is -0.323 e. The van der Waals surface area contributed by atoms with Gasteiger partial charge in [0.25, 0.3) is 0 Å². The Bertz CT molecular complexity index is 1230.